The van der Waals surface area contributed by atoms with Gasteiger partial charge in [-0.15, -0.1) is 0 Å². The Labute approximate surface area is 137 Å². The van der Waals surface area contributed by atoms with Gasteiger partial charge in [0.25, 0.3) is 0 Å². The third-order valence-corrected chi connectivity index (χ3v) is 3.65. The molecule has 1 unspecified atom stereocenters. The molecule has 0 saturated heterocycles. The lowest BCUT2D eigenvalue weighted by atomic mass is 10.0. The van der Waals surface area contributed by atoms with Gasteiger partial charge >= 0.3 is 0 Å². The van der Waals surface area contributed by atoms with Crippen LogP contribution >= 0.6 is 0 Å². The predicted octanol–water partition coefficient (Wildman–Crippen LogP) is 2.84. The summed E-state index contributed by atoms with van der Waals surface area (Å²) < 4.78 is 0. The van der Waals surface area contributed by atoms with Gasteiger partial charge in [-0.3, -0.25) is 9.59 Å². The van der Waals surface area contributed by atoms with Gasteiger partial charge in [-0.25, -0.2) is 0 Å². The van der Waals surface area contributed by atoms with Crippen molar-refractivity contribution in [3.63, 3.8) is 0 Å². The van der Waals surface area contributed by atoms with Gasteiger partial charge in [0.1, 0.15) is 6.04 Å². The minimum absolute atomic E-state index is 0.104. The van der Waals surface area contributed by atoms with Gasteiger partial charge in [0.2, 0.25) is 11.8 Å². The highest BCUT2D eigenvalue weighted by molar-refractivity contribution is 5.86. The minimum Gasteiger partial charge on any atom is -0.345 e. The van der Waals surface area contributed by atoms with Crippen LogP contribution in [0.5, 0.6) is 0 Å². The molecule has 0 spiro atoms. The van der Waals surface area contributed by atoms with Crippen LogP contribution in [-0.4, -0.2) is 29.8 Å². The third kappa shape index (κ3) is 4.68. The first kappa shape index (κ1) is 16.7. The van der Waals surface area contributed by atoms with Crippen LogP contribution in [0.1, 0.15) is 19.4 Å². The molecular formula is C19H22N2O2. The fourth-order valence-corrected chi connectivity index (χ4v) is 2.48. The van der Waals surface area contributed by atoms with Crippen LogP contribution in [0.4, 0.5) is 0 Å². The average molecular weight is 310 g/mol. The lowest BCUT2D eigenvalue weighted by molar-refractivity contribution is -0.134. The number of hydrogen-bond donors (Lipinski definition) is 1. The Bertz CT molecular complexity index is 666. The first-order valence-electron chi connectivity index (χ1n) is 7.64. The maximum absolute atomic E-state index is 12.2. The van der Waals surface area contributed by atoms with Crippen molar-refractivity contribution in [3.8, 4) is 11.1 Å². The molecule has 1 atom stereocenters. The van der Waals surface area contributed by atoms with Crippen molar-refractivity contribution in [3.05, 3.63) is 60.2 Å². The molecule has 0 aromatic heterocycles. The van der Waals surface area contributed by atoms with Crippen LogP contribution < -0.4 is 5.32 Å². The van der Waals surface area contributed by atoms with Crippen molar-refractivity contribution in [1.82, 2.24) is 10.2 Å². The summed E-state index contributed by atoms with van der Waals surface area (Å²) in [5.74, 6) is -0.307. The Hall–Kier alpha value is -2.62. The summed E-state index contributed by atoms with van der Waals surface area (Å²) in [5.41, 5.74) is 3.37. The molecular weight excluding hydrogens is 288 g/mol. The smallest absolute Gasteiger partial charge is 0.244 e. The second kappa shape index (κ2) is 7.58. The largest absolute Gasteiger partial charge is 0.345 e. The molecule has 2 amide bonds. The standard InChI is InChI=1S/C19H22N2O2/c1-14(20-15(2)22)19(23)21(3)13-16-9-11-18(12-10-16)17-7-5-4-6-8-17/h4-12,14H,13H2,1-3H3,(H,20,22). The highest BCUT2D eigenvalue weighted by Crippen LogP contribution is 2.19. The van der Waals surface area contributed by atoms with Gasteiger partial charge in [0.15, 0.2) is 0 Å². The summed E-state index contributed by atoms with van der Waals surface area (Å²) >= 11 is 0. The molecule has 2 aromatic carbocycles. The lowest BCUT2D eigenvalue weighted by Crippen LogP contribution is -2.44. The monoisotopic (exact) mass is 310 g/mol. The Kier molecular flexibility index (Phi) is 5.52. The number of nitrogens with one attached hydrogen (secondary N) is 1. The van der Waals surface area contributed by atoms with Gasteiger partial charge in [-0.05, 0) is 23.6 Å². The van der Waals surface area contributed by atoms with Gasteiger partial charge in [0, 0.05) is 20.5 Å². The quantitative estimate of drug-likeness (QED) is 0.923. The molecule has 0 aliphatic rings. The van der Waals surface area contributed by atoms with E-state index in [0.29, 0.717) is 6.54 Å². The topological polar surface area (TPSA) is 49.4 Å². The van der Waals surface area contributed by atoms with E-state index < -0.39 is 6.04 Å². The van der Waals surface area contributed by atoms with Crippen LogP contribution in [0.25, 0.3) is 11.1 Å². The number of likely N-dealkylation sites (N-methyl/N-ethyl adjacent to an activating group) is 1. The molecule has 0 aliphatic carbocycles. The van der Waals surface area contributed by atoms with Crippen LogP contribution in [-0.2, 0) is 16.1 Å². The molecule has 0 saturated carbocycles. The molecule has 4 heteroatoms. The van der Waals surface area contributed by atoms with Crippen molar-refractivity contribution in [2.45, 2.75) is 26.4 Å². The van der Waals surface area contributed by atoms with Crippen molar-refractivity contribution >= 4 is 11.8 Å². The van der Waals surface area contributed by atoms with E-state index in [4.69, 9.17) is 0 Å². The molecule has 23 heavy (non-hydrogen) atoms. The lowest BCUT2D eigenvalue weighted by Gasteiger charge is -2.22. The zero-order valence-corrected chi connectivity index (χ0v) is 13.7. The molecule has 2 rings (SSSR count). The zero-order chi connectivity index (χ0) is 16.8. The fourth-order valence-electron chi connectivity index (χ4n) is 2.48. The molecule has 0 aliphatic heterocycles. The molecule has 4 nitrogen and oxygen atoms in total. The van der Waals surface area contributed by atoms with E-state index in [2.05, 4.69) is 29.6 Å². The maximum atomic E-state index is 12.2. The van der Waals surface area contributed by atoms with E-state index in [1.165, 1.54) is 12.5 Å². The van der Waals surface area contributed by atoms with Crippen molar-refractivity contribution in [1.29, 1.82) is 0 Å². The summed E-state index contributed by atoms with van der Waals surface area (Å²) in [5, 5.41) is 2.61. The van der Waals surface area contributed by atoms with Gasteiger partial charge < -0.3 is 10.2 Å². The molecule has 0 radical (unpaired) electrons. The molecule has 0 fully saturated rings. The summed E-state index contributed by atoms with van der Waals surface area (Å²) in [7, 11) is 1.74. The van der Waals surface area contributed by atoms with Crippen LogP contribution in [0, 0.1) is 0 Å². The zero-order valence-electron chi connectivity index (χ0n) is 13.7. The van der Waals surface area contributed by atoms with E-state index in [1.54, 1.807) is 18.9 Å². The van der Waals surface area contributed by atoms with E-state index in [-0.39, 0.29) is 11.8 Å². The van der Waals surface area contributed by atoms with Crippen molar-refractivity contribution in [2.75, 3.05) is 7.05 Å². The van der Waals surface area contributed by atoms with Crippen LogP contribution in [0.3, 0.4) is 0 Å². The van der Waals surface area contributed by atoms with E-state index in [0.717, 1.165) is 11.1 Å². The van der Waals surface area contributed by atoms with Gasteiger partial charge in [-0.1, -0.05) is 54.6 Å². The number of amides is 2. The van der Waals surface area contributed by atoms with Crippen molar-refractivity contribution in [2.24, 2.45) is 0 Å². The molecule has 120 valence electrons. The first-order chi connectivity index (χ1) is 11.0. The van der Waals surface area contributed by atoms with E-state index in [1.807, 2.05) is 30.3 Å². The highest BCUT2D eigenvalue weighted by atomic mass is 16.2. The average Bonchev–Trinajstić information content (AvgIpc) is 2.55. The number of benzene rings is 2. The van der Waals surface area contributed by atoms with E-state index >= 15 is 0 Å². The Morgan fingerprint density at radius 2 is 1.57 bits per heavy atom. The number of carbonyl (C=O) groups is 2. The second-order valence-corrected chi connectivity index (χ2v) is 5.68. The SMILES string of the molecule is CC(=O)NC(C)C(=O)N(C)Cc1ccc(-c2ccccc2)cc1. The minimum atomic E-state index is -0.513. The highest BCUT2D eigenvalue weighted by Gasteiger charge is 2.18. The molecule has 1 N–H and O–H groups in total. The number of carbonyl (C=O) groups excluding carboxylic acids is 2. The fraction of sp³-hybridized carbons (Fsp3) is 0.263. The number of rotatable bonds is 5. The summed E-state index contributed by atoms with van der Waals surface area (Å²) in [6, 6.07) is 17.8. The first-order valence-corrected chi connectivity index (χ1v) is 7.64. The second-order valence-electron chi connectivity index (χ2n) is 5.68. The summed E-state index contributed by atoms with van der Waals surface area (Å²) in [4.78, 5) is 24.8. The summed E-state index contributed by atoms with van der Waals surface area (Å²) in [6.07, 6.45) is 0. The molecule has 0 bridgehead atoms. The van der Waals surface area contributed by atoms with Gasteiger partial charge in [-0.2, -0.15) is 0 Å². The predicted molar refractivity (Wildman–Crippen MR) is 91.6 cm³/mol. The Balaban J connectivity index is 2.00. The molecule has 2 aromatic rings. The maximum Gasteiger partial charge on any atom is 0.244 e. The van der Waals surface area contributed by atoms with E-state index in [9.17, 15) is 9.59 Å². The number of hydrogen-bond acceptors (Lipinski definition) is 2. The normalized spacial score (nSPS) is 11.6. The number of nitrogens with zero attached hydrogens (tertiary/aromatic N) is 1. The van der Waals surface area contributed by atoms with Gasteiger partial charge in [0.05, 0.1) is 0 Å². The van der Waals surface area contributed by atoms with Crippen molar-refractivity contribution < 1.29 is 9.59 Å². The van der Waals surface area contributed by atoms with Crippen LogP contribution in [0.2, 0.25) is 0 Å². The Morgan fingerprint density at radius 1 is 1.00 bits per heavy atom. The van der Waals surface area contributed by atoms with Crippen LogP contribution in [0.15, 0.2) is 54.6 Å². The summed E-state index contributed by atoms with van der Waals surface area (Å²) in [6.45, 7) is 3.61. The third-order valence-electron chi connectivity index (χ3n) is 3.65. The Morgan fingerprint density at radius 3 is 2.13 bits per heavy atom. The molecule has 0 heterocycles.